The van der Waals surface area contributed by atoms with Crippen molar-refractivity contribution >= 4 is 28.9 Å². The van der Waals surface area contributed by atoms with Crippen LogP contribution in [0, 0.1) is 6.92 Å². The van der Waals surface area contributed by atoms with Crippen LogP contribution in [-0.2, 0) is 6.54 Å². The molecule has 3 N–H and O–H groups in total. The van der Waals surface area contributed by atoms with Crippen LogP contribution in [0.2, 0.25) is 0 Å². The zero-order valence-corrected chi connectivity index (χ0v) is 16.2. The minimum absolute atomic E-state index is 0.166. The second-order valence-corrected chi connectivity index (χ2v) is 7.36. The van der Waals surface area contributed by atoms with E-state index in [0.717, 1.165) is 21.8 Å². The molecule has 3 heterocycles. The van der Waals surface area contributed by atoms with Crippen molar-refractivity contribution in [1.29, 1.82) is 0 Å². The van der Waals surface area contributed by atoms with Gasteiger partial charge in [0.2, 0.25) is 0 Å². The highest BCUT2D eigenvalue weighted by Crippen LogP contribution is 2.23. The van der Waals surface area contributed by atoms with Crippen molar-refractivity contribution in [3.05, 3.63) is 76.8 Å². The van der Waals surface area contributed by atoms with Gasteiger partial charge in [0.25, 0.3) is 5.91 Å². The van der Waals surface area contributed by atoms with Gasteiger partial charge < -0.3 is 15.0 Å². The molecule has 0 unspecified atom stereocenters. The number of aromatic amines is 1. The van der Waals surface area contributed by atoms with Crippen LogP contribution in [0.1, 0.15) is 32.1 Å². The molecular weight excluding hydrogens is 390 g/mol. The van der Waals surface area contributed by atoms with Crippen LogP contribution in [0.25, 0.3) is 10.6 Å². The highest BCUT2D eigenvalue weighted by atomic mass is 32.1. The molecule has 0 aliphatic heterocycles. The number of H-pyrrole nitrogens is 1. The van der Waals surface area contributed by atoms with Crippen LogP contribution in [0.4, 0.5) is 5.69 Å². The Bertz CT molecular complexity index is 1160. The average Bonchev–Trinajstić information content (AvgIpc) is 3.43. The Labute approximate surface area is 169 Å². The summed E-state index contributed by atoms with van der Waals surface area (Å²) in [6.07, 6.45) is 5.41. The van der Waals surface area contributed by atoms with E-state index in [1.165, 1.54) is 23.5 Å². The number of carboxylic acids is 1. The molecule has 8 nitrogen and oxygen atoms in total. The maximum atomic E-state index is 12.8. The monoisotopic (exact) mass is 407 g/mol. The molecule has 0 aliphatic rings. The summed E-state index contributed by atoms with van der Waals surface area (Å²) in [5.74, 6) is -1.28. The number of anilines is 1. The summed E-state index contributed by atoms with van der Waals surface area (Å²) in [6.45, 7) is 2.38. The minimum Gasteiger partial charge on any atom is -0.478 e. The van der Waals surface area contributed by atoms with E-state index in [4.69, 9.17) is 5.11 Å². The number of benzene rings is 1. The van der Waals surface area contributed by atoms with Crippen LogP contribution in [0.3, 0.4) is 0 Å². The van der Waals surface area contributed by atoms with Crippen molar-refractivity contribution < 1.29 is 14.7 Å². The summed E-state index contributed by atoms with van der Waals surface area (Å²) >= 11 is 1.52. The van der Waals surface area contributed by atoms with Crippen molar-refractivity contribution in [2.75, 3.05) is 5.32 Å². The zero-order chi connectivity index (χ0) is 20.4. The first-order valence-electron chi connectivity index (χ1n) is 8.74. The molecule has 0 bridgehead atoms. The Morgan fingerprint density at radius 2 is 2.07 bits per heavy atom. The van der Waals surface area contributed by atoms with E-state index in [9.17, 15) is 9.59 Å². The maximum absolute atomic E-state index is 12.8. The molecule has 29 heavy (non-hydrogen) atoms. The lowest BCUT2D eigenvalue weighted by Crippen LogP contribution is -2.17. The number of nitrogens with zero attached hydrogens (tertiary/aromatic N) is 3. The number of carboxylic acid groups (broad SMARTS) is 1. The number of hydrogen-bond acceptors (Lipinski definition) is 5. The summed E-state index contributed by atoms with van der Waals surface area (Å²) < 4.78 is 1.85. The second kappa shape index (κ2) is 7.72. The highest BCUT2D eigenvalue weighted by molar-refractivity contribution is 7.13. The van der Waals surface area contributed by atoms with Crippen LogP contribution >= 0.6 is 11.3 Å². The van der Waals surface area contributed by atoms with Gasteiger partial charge in [-0.15, -0.1) is 11.3 Å². The van der Waals surface area contributed by atoms with Gasteiger partial charge >= 0.3 is 5.97 Å². The lowest BCUT2D eigenvalue weighted by atomic mass is 10.2. The zero-order valence-electron chi connectivity index (χ0n) is 15.4. The molecule has 0 fully saturated rings. The smallest absolute Gasteiger partial charge is 0.335 e. The summed E-state index contributed by atoms with van der Waals surface area (Å²) in [6, 6.07) is 7.85. The predicted octanol–water partition coefficient (Wildman–Crippen LogP) is 3.64. The number of nitrogens with one attached hydrogen (secondary N) is 2. The first kappa shape index (κ1) is 18.6. The molecule has 0 saturated carbocycles. The van der Waals surface area contributed by atoms with Crippen LogP contribution in [-0.4, -0.2) is 36.7 Å². The Balaban J connectivity index is 1.52. The third-order valence-corrected chi connectivity index (χ3v) is 5.23. The average molecular weight is 407 g/mol. The fourth-order valence-electron chi connectivity index (χ4n) is 2.92. The van der Waals surface area contributed by atoms with Crippen LogP contribution < -0.4 is 5.32 Å². The lowest BCUT2D eigenvalue weighted by Gasteiger charge is -2.09. The number of amides is 1. The molecule has 1 amide bonds. The van der Waals surface area contributed by atoms with E-state index in [-0.39, 0.29) is 11.5 Å². The fourth-order valence-corrected chi connectivity index (χ4v) is 3.72. The van der Waals surface area contributed by atoms with Gasteiger partial charge in [0.05, 0.1) is 24.0 Å². The minimum atomic E-state index is -1.01. The van der Waals surface area contributed by atoms with E-state index in [1.807, 2.05) is 29.1 Å². The molecule has 146 valence electrons. The van der Waals surface area contributed by atoms with Gasteiger partial charge in [0.15, 0.2) is 0 Å². The third kappa shape index (κ3) is 4.09. The predicted molar refractivity (Wildman–Crippen MR) is 109 cm³/mol. The number of aromatic nitrogens is 4. The van der Waals surface area contributed by atoms with Crippen molar-refractivity contribution in [3.63, 3.8) is 0 Å². The molecule has 0 saturated heterocycles. The molecule has 1 aromatic carbocycles. The topological polar surface area (TPSA) is 113 Å². The molecule has 0 aliphatic carbocycles. The molecule has 4 rings (SSSR count). The Morgan fingerprint density at radius 3 is 2.76 bits per heavy atom. The Kier molecular flexibility index (Phi) is 4.96. The van der Waals surface area contributed by atoms with E-state index < -0.39 is 5.97 Å². The van der Waals surface area contributed by atoms with Gasteiger partial charge in [-0.1, -0.05) is 0 Å². The van der Waals surface area contributed by atoms with Gasteiger partial charge in [0, 0.05) is 29.0 Å². The number of rotatable bonds is 6. The largest absolute Gasteiger partial charge is 0.478 e. The van der Waals surface area contributed by atoms with Gasteiger partial charge in [-0.25, -0.2) is 9.78 Å². The standard InChI is InChI=1S/C20H17N5O3S/c1-12-6-17(18(26)23-15-4-2-13(3-5-15)20(27)28)25(9-12)10-16-11-29-19(24-16)14-7-21-22-8-14/h2-9,11H,10H2,1H3,(H,21,22)(H,23,26)(H,27,28). The lowest BCUT2D eigenvalue weighted by molar-refractivity contribution is 0.0696. The van der Waals surface area contributed by atoms with Crippen molar-refractivity contribution in [1.82, 2.24) is 19.7 Å². The van der Waals surface area contributed by atoms with Crippen molar-refractivity contribution in [2.45, 2.75) is 13.5 Å². The maximum Gasteiger partial charge on any atom is 0.335 e. The third-order valence-electron chi connectivity index (χ3n) is 4.28. The van der Waals surface area contributed by atoms with E-state index >= 15 is 0 Å². The summed E-state index contributed by atoms with van der Waals surface area (Å²) in [7, 11) is 0. The number of aryl methyl sites for hydroxylation is 1. The van der Waals surface area contributed by atoms with Crippen LogP contribution in [0.5, 0.6) is 0 Å². The van der Waals surface area contributed by atoms with Gasteiger partial charge in [-0.3, -0.25) is 9.89 Å². The summed E-state index contributed by atoms with van der Waals surface area (Å²) in [4.78, 5) is 28.3. The highest BCUT2D eigenvalue weighted by Gasteiger charge is 2.15. The Morgan fingerprint density at radius 1 is 1.28 bits per heavy atom. The molecule has 0 spiro atoms. The summed E-state index contributed by atoms with van der Waals surface area (Å²) in [5, 5.41) is 21.3. The van der Waals surface area contributed by atoms with Crippen molar-refractivity contribution in [3.8, 4) is 10.6 Å². The number of carbonyl (C=O) groups excluding carboxylic acids is 1. The quantitative estimate of drug-likeness (QED) is 0.452. The number of carbonyl (C=O) groups is 2. The van der Waals surface area contributed by atoms with Crippen LogP contribution in [0.15, 0.2) is 54.3 Å². The van der Waals surface area contributed by atoms with E-state index in [1.54, 1.807) is 24.5 Å². The molecule has 0 radical (unpaired) electrons. The molecule has 0 atom stereocenters. The number of aromatic carboxylic acids is 1. The molecular formula is C20H17N5O3S. The number of hydrogen-bond donors (Lipinski definition) is 3. The summed E-state index contributed by atoms with van der Waals surface area (Å²) in [5.41, 5.74) is 3.93. The molecule has 4 aromatic rings. The molecule has 9 heteroatoms. The van der Waals surface area contributed by atoms with Crippen molar-refractivity contribution in [2.24, 2.45) is 0 Å². The number of thiazole rings is 1. The first-order valence-corrected chi connectivity index (χ1v) is 9.62. The second-order valence-electron chi connectivity index (χ2n) is 6.50. The van der Waals surface area contributed by atoms with E-state index in [0.29, 0.717) is 17.9 Å². The van der Waals surface area contributed by atoms with E-state index in [2.05, 4.69) is 20.5 Å². The van der Waals surface area contributed by atoms with Gasteiger partial charge in [0.1, 0.15) is 10.7 Å². The Hall–Kier alpha value is -3.72. The van der Waals surface area contributed by atoms with Gasteiger partial charge in [-0.2, -0.15) is 5.10 Å². The molecule has 3 aromatic heterocycles. The SMILES string of the molecule is Cc1cc(C(=O)Nc2ccc(C(=O)O)cc2)n(Cc2csc(-c3cn[nH]c3)n2)c1. The van der Waals surface area contributed by atoms with Gasteiger partial charge in [-0.05, 0) is 42.8 Å². The first-order chi connectivity index (χ1) is 14.0. The fraction of sp³-hybridized carbons (Fsp3) is 0.100. The normalized spacial score (nSPS) is 10.8.